The number of hydrogen-bond donors (Lipinski definition) is 0. The highest BCUT2D eigenvalue weighted by atomic mass is 16.1. The van der Waals surface area contributed by atoms with Crippen LogP contribution in [0.25, 0.3) is 0 Å². The fourth-order valence-corrected chi connectivity index (χ4v) is 1.92. The van der Waals surface area contributed by atoms with Crippen LogP contribution in [0.4, 0.5) is 0 Å². The predicted molar refractivity (Wildman–Crippen MR) is 85.3 cm³/mol. The molecule has 1 heteroatoms. The Hall–Kier alpha value is -1.11. The molecule has 0 heterocycles. The van der Waals surface area contributed by atoms with Crippen molar-refractivity contribution < 1.29 is 4.79 Å². The molecule has 0 atom stereocenters. The molecule has 0 aromatic heterocycles. The summed E-state index contributed by atoms with van der Waals surface area (Å²) >= 11 is 0. The van der Waals surface area contributed by atoms with Crippen LogP contribution in [0.3, 0.4) is 0 Å². The van der Waals surface area contributed by atoms with Crippen molar-refractivity contribution in [3.05, 3.63) is 37.0 Å². The van der Waals surface area contributed by atoms with Crippen LogP contribution < -0.4 is 0 Å². The molecule has 0 aromatic carbocycles. The van der Waals surface area contributed by atoms with E-state index in [1.807, 2.05) is 6.08 Å². The number of rotatable bonds is 14. The lowest BCUT2D eigenvalue weighted by atomic mass is 10.1. The van der Waals surface area contributed by atoms with Crippen LogP contribution in [0.2, 0.25) is 0 Å². The van der Waals surface area contributed by atoms with Crippen molar-refractivity contribution in [2.75, 3.05) is 0 Å². The molecule has 0 aliphatic heterocycles. The van der Waals surface area contributed by atoms with Gasteiger partial charge in [0.2, 0.25) is 0 Å². The Bertz CT molecular complexity index is 250. The quantitative estimate of drug-likeness (QED) is 0.168. The molecular weight excluding hydrogens is 232 g/mol. The van der Waals surface area contributed by atoms with Gasteiger partial charge >= 0.3 is 0 Å². The Morgan fingerprint density at radius 2 is 1.11 bits per heavy atom. The highest BCUT2D eigenvalue weighted by molar-refractivity contribution is 5.48. The summed E-state index contributed by atoms with van der Waals surface area (Å²) in [5.41, 5.74) is 0. The molecule has 0 saturated heterocycles. The van der Waals surface area contributed by atoms with Gasteiger partial charge in [0.25, 0.3) is 0 Å². The van der Waals surface area contributed by atoms with Crippen LogP contribution in [0, 0.1) is 0 Å². The van der Waals surface area contributed by atoms with E-state index < -0.39 is 0 Å². The topological polar surface area (TPSA) is 17.1 Å². The molecule has 0 N–H and O–H groups in total. The van der Waals surface area contributed by atoms with Gasteiger partial charge in [0, 0.05) is 6.42 Å². The minimum atomic E-state index is 0.734. The number of unbranched alkanes of at least 4 members (excludes halogenated alkanes) is 9. The van der Waals surface area contributed by atoms with Crippen molar-refractivity contribution in [1.29, 1.82) is 0 Å². The average Bonchev–Trinajstić information content (AvgIpc) is 2.43. The Balaban J connectivity index is 3.17. The molecule has 0 saturated carbocycles. The number of hydrogen-bond acceptors (Lipinski definition) is 1. The maximum atomic E-state index is 10.1. The Kier molecular flexibility index (Phi) is 15.9. The third-order valence-electron chi connectivity index (χ3n) is 3.11. The summed E-state index contributed by atoms with van der Waals surface area (Å²) in [6.07, 6.45) is 24.7. The third kappa shape index (κ3) is 16.9. The normalized spacial score (nSPS) is 11.4. The minimum absolute atomic E-state index is 0.734. The van der Waals surface area contributed by atoms with E-state index in [-0.39, 0.29) is 0 Å². The van der Waals surface area contributed by atoms with E-state index in [2.05, 4.69) is 30.9 Å². The second kappa shape index (κ2) is 16.9. The van der Waals surface area contributed by atoms with Gasteiger partial charge in [0.05, 0.1) is 0 Å². The fourth-order valence-electron chi connectivity index (χ4n) is 1.92. The standard InChI is InChI=1S/C18H30O/c1-2-3-4-5-6-7-8-9-10-11-12-13-14-15-16-17-18-19/h2,7-10,18H,1,3-6,11-17H2/b8-7+,10-9+. The third-order valence-corrected chi connectivity index (χ3v) is 3.11. The highest BCUT2D eigenvalue weighted by Crippen LogP contribution is 2.07. The van der Waals surface area contributed by atoms with Crippen LogP contribution in [0.5, 0.6) is 0 Å². The number of aldehydes is 1. The van der Waals surface area contributed by atoms with Gasteiger partial charge in [-0.2, -0.15) is 0 Å². The summed E-state index contributed by atoms with van der Waals surface area (Å²) in [4.78, 5) is 10.1. The molecule has 0 rings (SSSR count). The lowest BCUT2D eigenvalue weighted by molar-refractivity contribution is -0.107. The Morgan fingerprint density at radius 1 is 0.632 bits per heavy atom. The van der Waals surface area contributed by atoms with Crippen molar-refractivity contribution in [2.24, 2.45) is 0 Å². The predicted octanol–water partition coefficient (Wildman–Crippen LogP) is 5.77. The van der Waals surface area contributed by atoms with E-state index in [0.29, 0.717) is 0 Å². The van der Waals surface area contributed by atoms with Crippen LogP contribution in [0.15, 0.2) is 37.0 Å². The van der Waals surface area contributed by atoms with Gasteiger partial charge in [0.15, 0.2) is 0 Å². The molecule has 19 heavy (non-hydrogen) atoms. The molecule has 108 valence electrons. The smallest absolute Gasteiger partial charge is 0.119 e. The van der Waals surface area contributed by atoms with Crippen LogP contribution in [0.1, 0.15) is 70.6 Å². The van der Waals surface area contributed by atoms with Crippen LogP contribution in [-0.2, 0) is 4.79 Å². The highest BCUT2D eigenvalue weighted by Gasteiger charge is 1.89. The van der Waals surface area contributed by atoms with Gasteiger partial charge in [-0.1, -0.05) is 49.6 Å². The summed E-state index contributed by atoms with van der Waals surface area (Å²) in [5, 5.41) is 0. The molecule has 1 nitrogen and oxygen atoms in total. The van der Waals surface area contributed by atoms with E-state index in [1.165, 1.54) is 51.4 Å². The lowest BCUT2D eigenvalue weighted by Crippen LogP contribution is -1.80. The molecule has 0 fully saturated rings. The van der Waals surface area contributed by atoms with E-state index in [1.54, 1.807) is 0 Å². The van der Waals surface area contributed by atoms with Gasteiger partial charge in [-0.3, -0.25) is 0 Å². The molecule has 0 radical (unpaired) electrons. The van der Waals surface area contributed by atoms with Crippen molar-refractivity contribution in [3.8, 4) is 0 Å². The molecule has 0 bridgehead atoms. The molecule has 0 aliphatic rings. The molecule has 0 aromatic rings. The summed E-state index contributed by atoms with van der Waals surface area (Å²) in [7, 11) is 0. The molecular formula is C18H30O. The van der Waals surface area contributed by atoms with Crippen LogP contribution >= 0.6 is 0 Å². The zero-order chi connectivity index (χ0) is 14.0. The largest absolute Gasteiger partial charge is 0.303 e. The van der Waals surface area contributed by atoms with E-state index in [0.717, 1.165) is 25.5 Å². The van der Waals surface area contributed by atoms with Gasteiger partial charge in [0.1, 0.15) is 6.29 Å². The number of allylic oxidation sites excluding steroid dienone is 5. The first-order chi connectivity index (χ1) is 9.41. The van der Waals surface area contributed by atoms with Gasteiger partial charge < -0.3 is 4.79 Å². The number of carbonyl (C=O) groups excluding carboxylic acids is 1. The molecule has 0 aliphatic carbocycles. The molecule has 0 amide bonds. The first kappa shape index (κ1) is 17.9. The van der Waals surface area contributed by atoms with E-state index in [9.17, 15) is 4.79 Å². The van der Waals surface area contributed by atoms with E-state index in [4.69, 9.17) is 0 Å². The Morgan fingerprint density at radius 3 is 1.68 bits per heavy atom. The van der Waals surface area contributed by atoms with Gasteiger partial charge in [-0.15, -0.1) is 6.58 Å². The minimum Gasteiger partial charge on any atom is -0.303 e. The molecule has 0 spiro atoms. The maximum Gasteiger partial charge on any atom is 0.119 e. The van der Waals surface area contributed by atoms with Crippen molar-refractivity contribution in [3.63, 3.8) is 0 Å². The van der Waals surface area contributed by atoms with Crippen LogP contribution in [-0.4, -0.2) is 6.29 Å². The average molecular weight is 262 g/mol. The Labute approximate surface area is 119 Å². The summed E-state index contributed by atoms with van der Waals surface area (Å²) < 4.78 is 0. The second-order valence-electron chi connectivity index (χ2n) is 4.94. The first-order valence-electron chi connectivity index (χ1n) is 7.78. The van der Waals surface area contributed by atoms with E-state index >= 15 is 0 Å². The van der Waals surface area contributed by atoms with Gasteiger partial charge in [-0.05, 0) is 44.9 Å². The summed E-state index contributed by atoms with van der Waals surface area (Å²) in [6.45, 7) is 3.72. The van der Waals surface area contributed by atoms with Crippen molar-refractivity contribution in [1.82, 2.24) is 0 Å². The molecule has 0 unspecified atom stereocenters. The van der Waals surface area contributed by atoms with Crippen molar-refractivity contribution >= 4 is 6.29 Å². The summed E-state index contributed by atoms with van der Waals surface area (Å²) in [5.74, 6) is 0. The zero-order valence-electron chi connectivity index (χ0n) is 12.4. The van der Waals surface area contributed by atoms with Crippen molar-refractivity contribution in [2.45, 2.75) is 70.6 Å². The lowest BCUT2D eigenvalue weighted by Gasteiger charge is -1.96. The van der Waals surface area contributed by atoms with Gasteiger partial charge in [-0.25, -0.2) is 0 Å². The zero-order valence-corrected chi connectivity index (χ0v) is 12.4. The monoisotopic (exact) mass is 262 g/mol. The fraction of sp³-hybridized carbons (Fsp3) is 0.611. The summed E-state index contributed by atoms with van der Waals surface area (Å²) in [6, 6.07) is 0. The SMILES string of the molecule is C=CCCCC/C=C/C=C/CCCCCCCC=O. The maximum absolute atomic E-state index is 10.1. The number of carbonyl (C=O) groups is 1. The second-order valence-corrected chi connectivity index (χ2v) is 4.94. The first-order valence-corrected chi connectivity index (χ1v) is 7.78.